The molecule has 2 N–H and O–H groups in total. The molecule has 2 rings (SSSR count). The predicted molar refractivity (Wildman–Crippen MR) is 73.2 cm³/mol. The number of rotatable bonds is 6. The maximum Gasteiger partial charge on any atom is 0.353 e. The zero-order chi connectivity index (χ0) is 14.0. The van der Waals surface area contributed by atoms with Gasteiger partial charge in [0.1, 0.15) is 6.33 Å². The Hall–Kier alpha value is -1.92. The summed E-state index contributed by atoms with van der Waals surface area (Å²) in [6, 6.07) is 0. The van der Waals surface area contributed by atoms with Gasteiger partial charge in [0.15, 0.2) is 0 Å². The third-order valence-corrected chi connectivity index (χ3v) is 3.58. The van der Waals surface area contributed by atoms with Crippen molar-refractivity contribution in [1.82, 2.24) is 9.97 Å². The van der Waals surface area contributed by atoms with Crippen LogP contribution in [0.25, 0.3) is 0 Å². The van der Waals surface area contributed by atoms with E-state index >= 15 is 0 Å². The molecule has 1 fully saturated rings. The lowest BCUT2D eigenvalue weighted by molar-refractivity contribution is -0.383. The topological polar surface area (TPSA) is 93.0 Å². The first kappa shape index (κ1) is 13.5. The van der Waals surface area contributed by atoms with Gasteiger partial charge in [0.2, 0.25) is 11.6 Å². The molecule has 0 bridgehead atoms. The number of anilines is 2. The van der Waals surface area contributed by atoms with Crippen LogP contribution in [-0.2, 0) is 0 Å². The normalized spacial score (nSPS) is 19.8. The Labute approximate surface area is 112 Å². The number of nitrogens with one attached hydrogen (secondary N) is 2. The highest BCUT2D eigenvalue weighted by Crippen LogP contribution is 2.51. The molecule has 0 aromatic carbocycles. The van der Waals surface area contributed by atoms with Crippen LogP contribution in [0.3, 0.4) is 0 Å². The minimum absolute atomic E-state index is 0.0807. The summed E-state index contributed by atoms with van der Waals surface area (Å²) in [6.45, 7) is 7.53. The second-order valence-corrected chi connectivity index (χ2v) is 5.48. The fourth-order valence-electron chi connectivity index (χ4n) is 2.12. The van der Waals surface area contributed by atoms with Crippen molar-refractivity contribution in [3.8, 4) is 0 Å². The van der Waals surface area contributed by atoms with Gasteiger partial charge in [0.05, 0.1) is 4.92 Å². The molecule has 1 aliphatic rings. The van der Waals surface area contributed by atoms with Gasteiger partial charge in [-0.3, -0.25) is 10.1 Å². The molecule has 19 heavy (non-hydrogen) atoms. The van der Waals surface area contributed by atoms with Crippen molar-refractivity contribution in [1.29, 1.82) is 0 Å². The number of nitrogens with zero attached hydrogens (tertiary/aromatic N) is 3. The van der Waals surface area contributed by atoms with Gasteiger partial charge in [-0.1, -0.05) is 13.8 Å². The smallest absolute Gasteiger partial charge is 0.353 e. The van der Waals surface area contributed by atoms with Crippen molar-refractivity contribution < 1.29 is 4.92 Å². The second kappa shape index (κ2) is 4.99. The van der Waals surface area contributed by atoms with Crippen molar-refractivity contribution in [3.05, 3.63) is 16.4 Å². The summed E-state index contributed by atoms with van der Waals surface area (Å²) < 4.78 is 0. The Bertz CT molecular complexity index is 489. The summed E-state index contributed by atoms with van der Waals surface area (Å²) in [4.78, 5) is 18.6. The van der Waals surface area contributed by atoms with Crippen LogP contribution in [0.1, 0.15) is 27.2 Å². The van der Waals surface area contributed by atoms with Crippen LogP contribution in [0.5, 0.6) is 0 Å². The van der Waals surface area contributed by atoms with E-state index in [4.69, 9.17) is 0 Å². The summed E-state index contributed by atoms with van der Waals surface area (Å²) in [5.74, 6) is 1.10. The van der Waals surface area contributed by atoms with Crippen molar-refractivity contribution in [2.45, 2.75) is 27.2 Å². The molecule has 1 heterocycles. The van der Waals surface area contributed by atoms with E-state index in [1.165, 1.54) is 6.33 Å². The van der Waals surface area contributed by atoms with E-state index in [0.29, 0.717) is 30.2 Å². The van der Waals surface area contributed by atoms with Crippen LogP contribution in [0.4, 0.5) is 17.3 Å². The maximum absolute atomic E-state index is 11.2. The van der Waals surface area contributed by atoms with Gasteiger partial charge in [0.25, 0.3) is 0 Å². The van der Waals surface area contributed by atoms with Crippen LogP contribution < -0.4 is 10.6 Å². The number of hydrogen-bond acceptors (Lipinski definition) is 6. The first-order valence-corrected chi connectivity index (χ1v) is 6.43. The minimum Gasteiger partial charge on any atom is -0.364 e. The molecule has 7 nitrogen and oxygen atoms in total. The number of hydrogen-bond donors (Lipinski definition) is 2. The third kappa shape index (κ3) is 2.91. The van der Waals surface area contributed by atoms with Crippen LogP contribution >= 0.6 is 0 Å². The van der Waals surface area contributed by atoms with E-state index in [0.717, 1.165) is 6.42 Å². The van der Waals surface area contributed by atoms with Gasteiger partial charge in [-0.2, -0.15) is 0 Å². The van der Waals surface area contributed by atoms with E-state index in [1.807, 2.05) is 6.92 Å². The molecule has 0 aliphatic heterocycles. The maximum atomic E-state index is 11.2. The molecular weight excluding hydrogens is 246 g/mol. The molecule has 1 aliphatic carbocycles. The van der Waals surface area contributed by atoms with Crippen LogP contribution in [0.2, 0.25) is 0 Å². The number of nitro groups is 1. The van der Waals surface area contributed by atoms with Crippen molar-refractivity contribution in [3.63, 3.8) is 0 Å². The Balaban J connectivity index is 2.14. The van der Waals surface area contributed by atoms with Gasteiger partial charge in [-0.05, 0) is 24.7 Å². The molecule has 1 aromatic heterocycles. The van der Waals surface area contributed by atoms with E-state index in [-0.39, 0.29) is 11.5 Å². The third-order valence-electron chi connectivity index (χ3n) is 3.58. The van der Waals surface area contributed by atoms with Gasteiger partial charge in [0, 0.05) is 13.1 Å². The zero-order valence-electron chi connectivity index (χ0n) is 11.4. The quantitative estimate of drug-likeness (QED) is 0.605. The zero-order valence-corrected chi connectivity index (χ0v) is 11.4. The standard InChI is InChI=1S/C12H19N5O2/c1-4-13-10-9(17(18)19)11(16-7-15-10)14-6-8-5-12(8,2)3/h7-8H,4-6H2,1-3H3,(H2,13,14,15,16). The Morgan fingerprint density at radius 1 is 1.42 bits per heavy atom. The van der Waals surface area contributed by atoms with Crippen LogP contribution in [0, 0.1) is 21.4 Å². The lowest BCUT2D eigenvalue weighted by Gasteiger charge is -2.09. The molecular formula is C12H19N5O2. The fraction of sp³-hybridized carbons (Fsp3) is 0.667. The van der Waals surface area contributed by atoms with Gasteiger partial charge < -0.3 is 10.6 Å². The van der Waals surface area contributed by atoms with Crippen LogP contribution in [0.15, 0.2) is 6.33 Å². The first-order valence-electron chi connectivity index (χ1n) is 6.43. The fourth-order valence-corrected chi connectivity index (χ4v) is 2.12. The Morgan fingerprint density at radius 3 is 2.47 bits per heavy atom. The molecule has 0 spiro atoms. The molecule has 1 saturated carbocycles. The second-order valence-electron chi connectivity index (χ2n) is 5.48. The van der Waals surface area contributed by atoms with Gasteiger partial charge in [-0.25, -0.2) is 9.97 Å². The molecule has 7 heteroatoms. The molecule has 1 aromatic rings. The Morgan fingerprint density at radius 2 is 2.00 bits per heavy atom. The minimum atomic E-state index is -0.446. The summed E-state index contributed by atoms with van der Waals surface area (Å²) >= 11 is 0. The summed E-state index contributed by atoms with van der Waals surface area (Å²) in [5.41, 5.74) is 0.252. The first-order chi connectivity index (χ1) is 8.95. The molecule has 104 valence electrons. The van der Waals surface area contributed by atoms with E-state index in [1.54, 1.807) is 0 Å². The average Bonchev–Trinajstić information content (AvgIpc) is 2.94. The lowest BCUT2D eigenvalue weighted by Crippen LogP contribution is -2.12. The van der Waals surface area contributed by atoms with E-state index < -0.39 is 4.92 Å². The molecule has 0 saturated heterocycles. The highest BCUT2D eigenvalue weighted by molar-refractivity contribution is 5.69. The van der Waals surface area contributed by atoms with E-state index in [9.17, 15) is 10.1 Å². The predicted octanol–water partition coefficient (Wildman–Crippen LogP) is 2.27. The van der Waals surface area contributed by atoms with E-state index in [2.05, 4.69) is 34.4 Å². The highest BCUT2D eigenvalue weighted by Gasteiger charge is 2.45. The van der Waals surface area contributed by atoms with Crippen molar-refractivity contribution in [2.75, 3.05) is 23.7 Å². The molecule has 0 amide bonds. The lowest BCUT2D eigenvalue weighted by atomic mass is 10.1. The summed E-state index contributed by atoms with van der Waals surface area (Å²) in [6.07, 6.45) is 2.48. The highest BCUT2D eigenvalue weighted by atomic mass is 16.6. The molecule has 0 radical (unpaired) electrons. The van der Waals surface area contributed by atoms with Gasteiger partial charge >= 0.3 is 5.69 Å². The summed E-state index contributed by atoms with van der Waals surface area (Å²) in [7, 11) is 0. The van der Waals surface area contributed by atoms with Crippen molar-refractivity contribution in [2.24, 2.45) is 11.3 Å². The van der Waals surface area contributed by atoms with Gasteiger partial charge in [-0.15, -0.1) is 0 Å². The molecule has 1 atom stereocenters. The number of aromatic nitrogens is 2. The Kier molecular flexibility index (Phi) is 3.55. The van der Waals surface area contributed by atoms with Crippen LogP contribution in [-0.4, -0.2) is 28.0 Å². The summed E-state index contributed by atoms with van der Waals surface area (Å²) in [5, 5.41) is 17.1. The largest absolute Gasteiger partial charge is 0.364 e. The monoisotopic (exact) mass is 265 g/mol. The average molecular weight is 265 g/mol. The molecule has 1 unspecified atom stereocenters. The SMILES string of the molecule is CCNc1ncnc(NCC2CC2(C)C)c1[N+](=O)[O-]. The van der Waals surface area contributed by atoms with Crippen molar-refractivity contribution >= 4 is 17.3 Å².